The van der Waals surface area contributed by atoms with Crippen molar-refractivity contribution in [1.82, 2.24) is 0 Å². The Balaban J connectivity index is 2.23. The van der Waals surface area contributed by atoms with Crippen molar-refractivity contribution in [3.63, 3.8) is 0 Å². The summed E-state index contributed by atoms with van der Waals surface area (Å²) in [4.78, 5) is 0.150. The Morgan fingerprint density at radius 3 is 2.30 bits per heavy atom. The van der Waals surface area contributed by atoms with Gasteiger partial charge in [-0.1, -0.05) is 23.8 Å². The van der Waals surface area contributed by atoms with Crippen LogP contribution in [0.1, 0.15) is 5.56 Å². The Labute approximate surface area is 120 Å². The maximum absolute atomic E-state index is 11.8. The average Bonchev–Trinajstić information content (AvgIpc) is 2.42. The molecular formula is C14H20O5S. The van der Waals surface area contributed by atoms with Crippen LogP contribution in [0.2, 0.25) is 0 Å². The van der Waals surface area contributed by atoms with Gasteiger partial charge in [0.05, 0.1) is 37.9 Å². The maximum atomic E-state index is 11.8. The zero-order valence-electron chi connectivity index (χ0n) is 11.6. The van der Waals surface area contributed by atoms with Crippen LogP contribution in [0.4, 0.5) is 0 Å². The number of hydrogen-bond acceptors (Lipinski definition) is 5. The van der Waals surface area contributed by atoms with Crippen molar-refractivity contribution in [2.75, 3.05) is 33.0 Å². The van der Waals surface area contributed by atoms with Gasteiger partial charge in [0.2, 0.25) is 0 Å². The number of hydrogen-bond donors (Lipinski definition) is 0. The lowest BCUT2D eigenvalue weighted by Crippen LogP contribution is -2.13. The number of ether oxygens (including phenoxy) is 2. The topological polar surface area (TPSA) is 61.8 Å². The van der Waals surface area contributed by atoms with Gasteiger partial charge in [0.25, 0.3) is 10.1 Å². The predicted molar refractivity (Wildman–Crippen MR) is 76.2 cm³/mol. The molecule has 5 nitrogen and oxygen atoms in total. The lowest BCUT2D eigenvalue weighted by molar-refractivity contribution is 0.0458. The van der Waals surface area contributed by atoms with Crippen molar-refractivity contribution in [2.24, 2.45) is 0 Å². The molecule has 0 heterocycles. The van der Waals surface area contributed by atoms with Gasteiger partial charge in [-0.3, -0.25) is 4.18 Å². The molecule has 0 saturated carbocycles. The van der Waals surface area contributed by atoms with Crippen LogP contribution in [0.3, 0.4) is 0 Å². The highest BCUT2D eigenvalue weighted by Gasteiger charge is 2.14. The van der Waals surface area contributed by atoms with Crippen LogP contribution in [0.25, 0.3) is 0 Å². The van der Waals surface area contributed by atoms with E-state index in [1.165, 1.54) is 12.1 Å². The third-order valence-corrected chi connectivity index (χ3v) is 3.71. The lowest BCUT2D eigenvalue weighted by Gasteiger charge is -2.07. The summed E-state index contributed by atoms with van der Waals surface area (Å²) in [6.07, 6.45) is 1.65. The molecule has 0 amide bonds. The third-order valence-electron chi connectivity index (χ3n) is 2.38. The molecular weight excluding hydrogens is 280 g/mol. The minimum atomic E-state index is -3.70. The van der Waals surface area contributed by atoms with Crippen molar-refractivity contribution >= 4 is 10.1 Å². The van der Waals surface area contributed by atoms with Gasteiger partial charge in [0.1, 0.15) is 0 Å². The second-order valence-corrected chi connectivity index (χ2v) is 5.68. The van der Waals surface area contributed by atoms with Gasteiger partial charge in [-0.25, -0.2) is 0 Å². The quantitative estimate of drug-likeness (QED) is 0.375. The lowest BCUT2D eigenvalue weighted by atomic mass is 10.2. The summed E-state index contributed by atoms with van der Waals surface area (Å²) in [7, 11) is -3.70. The van der Waals surface area contributed by atoms with Crippen LogP contribution in [-0.4, -0.2) is 41.5 Å². The number of aryl methyl sites for hydroxylation is 1. The van der Waals surface area contributed by atoms with Crippen LogP contribution in [0, 0.1) is 6.92 Å². The molecule has 112 valence electrons. The van der Waals surface area contributed by atoms with E-state index in [-0.39, 0.29) is 18.1 Å². The van der Waals surface area contributed by atoms with Gasteiger partial charge >= 0.3 is 0 Å². The van der Waals surface area contributed by atoms with E-state index < -0.39 is 10.1 Å². The highest BCUT2D eigenvalue weighted by molar-refractivity contribution is 7.86. The van der Waals surface area contributed by atoms with Crippen LogP contribution in [-0.2, 0) is 23.8 Å². The summed E-state index contributed by atoms with van der Waals surface area (Å²) in [5, 5.41) is 0. The fourth-order valence-corrected chi connectivity index (χ4v) is 2.26. The van der Waals surface area contributed by atoms with E-state index in [4.69, 9.17) is 13.7 Å². The minimum Gasteiger partial charge on any atom is -0.377 e. The molecule has 6 heteroatoms. The van der Waals surface area contributed by atoms with E-state index >= 15 is 0 Å². The van der Waals surface area contributed by atoms with Crippen molar-refractivity contribution < 1.29 is 22.1 Å². The first-order valence-corrected chi connectivity index (χ1v) is 7.69. The summed E-state index contributed by atoms with van der Waals surface area (Å²) >= 11 is 0. The summed E-state index contributed by atoms with van der Waals surface area (Å²) in [5.74, 6) is 0. The van der Waals surface area contributed by atoms with Crippen LogP contribution >= 0.6 is 0 Å². The first-order chi connectivity index (χ1) is 9.56. The molecule has 1 aromatic carbocycles. The van der Waals surface area contributed by atoms with E-state index in [0.29, 0.717) is 19.8 Å². The molecule has 0 aliphatic heterocycles. The summed E-state index contributed by atoms with van der Waals surface area (Å²) < 4.78 is 38.8. The SMILES string of the molecule is C=CCOCCOCCOS(=O)(=O)c1ccc(C)cc1. The molecule has 1 rings (SSSR count). The van der Waals surface area contributed by atoms with Gasteiger partial charge in [0.15, 0.2) is 0 Å². The zero-order chi connectivity index (χ0) is 14.8. The molecule has 0 bridgehead atoms. The number of benzene rings is 1. The van der Waals surface area contributed by atoms with Crippen molar-refractivity contribution in [2.45, 2.75) is 11.8 Å². The molecule has 0 aliphatic rings. The summed E-state index contributed by atoms with van der Waals surface area (Å²) in [5.41, 5.74) is 0.992. The molecule has 0 N–H and O–H groups in total. The highest BCUT2D eigenvalue weighted by atomic mass is 32.2. The molecule has 20 heavy (non-hydrogen) atoms. The van der Waals surface area contributed by atoms with Gasteiger partial charge in [-0.05, 0) is 19.1 Å². The smallest absolute Gasteiger partial charge is 0.297 e. The average molecular weight is 300 g/mol. The maximum Gasteiger partial charge on any atom is 0.297 e. The van der Waals surface area contributed by atoms with Crippen LogP contribution < -0.4 is 0 Å². The largest absolute Gasteiger partial charge is 0.377 e. The van der Waals surface area contributed by atoms with Gasteiger partial charge < -0.3 is 9.47 Å². The van der Waals surface area contributed by atoms with E-state index in [1.807, 2.05) is 6.92 Å². The molecule has 0 spiro atoms. The van der Waals surface area contributed by atoms with E-state index in [0.717, 1.165) is 5.56 Å². The van der Waals surface area contributed by atoms with E-state index in [1.54, 1.807) is 18.2 Å². The second-order valence-electron chi connectivity index (χ2n) is 4.07. The Kier molecular flexibility index (Phi) is 7.46. The molecule has 0 unspecified atom stereocenters. The highest BCUT2D eigenvalue weighted by Crippen LogP contribution is 2.12. The van der Waals surface area contributed by atoms with Gasteiger partial charge in [0, 0.05) is 0 Å². The Bertz CT molecular complexity index is 493. The summed E-state index contributed by atoms with van der Waals surface area (Å²) in [6.45, 7) is 6.89. The predicted octanol–water partition coefficient (Wildman–Crippen LogP) is 1.92. The van der Waals surface area contributed by atoms with Crippen molar-refractivity contribution in [1.29, 1.82) is 0 Å². The second kappa shape index (κ2) is 8.86. The fourth-order valence-electron chi connectivity index (χ4n) is 1.36. The molecule has 1 aromatic rings. The molecule has 0 saturated heterocycles. The first kappa shape index (κ1) is 16.8. The molecule has 0 fully saturated rings. The standard InChI is InChI=1S/C14H20O5S/c1-3-8-17-9-10-18-11-12-19-20(15,16)14-6-4-13(2)5-7-14/h3-7H,1,8-12H2,2H3. The van der Waals surface area contributed by atoms with Crippen molar-refractivity contribution in [3.05, 3.63) is 42.5 Å². The third kappa shape index (κ3) is 6.29. The van der Waals surface area contributed by atoms with Gasteiger partial charge in [-0.15, -0.1) is 6.58 Å². The van der Waals surface area contributed by atoms with Gasteiger partial charge in [-0.2, -0.15) is 8.42 Å². The Morgan fingerprint density at radius 1 is 1.05 bits per heavy atom. The number of rotatable bonds is 10. The Morgan fingerprint density at radius 2 is 1.65 bits per heavy atom. The molecule has 0 aromatic heterocycles. The molecule has 0 aliphatic carbocycles. The molecule has 0 radical (unpaired) electrons. The van der Waals surface area contributed by atoms with Crippen LogP contribution in [0.15, 0.2) is 41.8 Å². The fraction of sp³-hybridized carbons (Fsp3) is 0.429. The molecule has 0 atom stereocenters. The monoisotopic (exact) mass is 300 g/mol. The first-order valence-electron chi connectivity index (χ1n) is 6.29. The normalized spacial score (nSPS) is 11.4. The van der Waals surface area contributed by atoms with Crippen LogP contribution in [0.5, 0.6) is 0 Å². The Hall–Kier alpha value is -1.21. The minimum absolute atomic E-state index is 0.0162. The summed E-state index contributed by atoms with van der Waals surface area (Å²) in [6, 6.07) is 6.50. The van der Waals surface area contributed by atoms with Crippen molar-refractivity contribution in [3.8, 4) is 0 Å². The zero-order valence-corrected chi connectivity index (χ0v) is 12.4. The van der Waals surface area contributed by atoms with E-state index in [9.17, 15) is 8.42 Å². The van der Waals surface area contributed by atoms with E-state index in [2.05, 4.69) is 6.58 Å².